The molecule has 5 nitrogen and oxygen atoms in total. The predicted molar refractivity (Wildman–Crippen MR) is 70.8 cm³/mol. The van der Waals surface area contributed by atoms with Gasteiger partial charge >= 0.3 is 51.4 Å². The van der Waals surface area contributed by atoms with Crippen LogP contribution in [0.15, 0.2) is 60.7 Å². The minimum absolute atomic E-state index is 0. The molecule has 0 radical (unpaired) electrons. The Kier molecular flexibility index (Phi) is 12.0. The van der Waals surface area contributed by atoms with Crippen LogP contribution >= 0.6 is 0 Å². The van der Waals surface area contributed by atoms with Crippen molar-refractivity contribution >= 4 is 22.7 Å². The Morgan fingerprint density at radius 1 is 0.700 bits per heavy atom. The molecule has 0 aliphatic heterocycles. The summed E-state index contributed by atoms with van der Waals surface area (Å²) in [4.78, 5) is 0. The van der Waals surface area contributed by atoms with Crippen LogP contribution in [0.3, 0.4) is 0 Å². The molecular formula is C12H10KO5S2-. The van der Waals surface area contributed by atoms with Gasteiger partial charge in [-0.25, -0.2) is 12.0 Å². The van der Waals surface area contributed by atoms with Crippen molar-refractivity contribution in [2.45, 2.75) is 0 Å². The molecule has 0 spiro atoms. The minimum Gasteiger partial charge on any atom is -0.749 e. The Morgan fingerprint density at radius 2 is 1.00 bits per heavy atom. The van der Waals surface area contributed by atoms with Gasteiger partial charge in [-0.15, -0.1) is 0 Å². The van der Waals surface area contributed by atoms with Gasteiger partial charge in [0, 0.05) is 0 Å². The van der Waals surface area contributed by atoms with Crippen LogP contribution in [0.4, 0.5) is 0 Å². The van der Waals surface area contributed by atoms with E-state index in [-0.39, 0.29) is 51.4 Å². The second-order valence-electron chi connectivity index (χ2n) is 3.21. The summed E-state index contributed by atoms with van der Waals surface area (Å²) in [6, 6.07) is 20.8. The zero-order chi connectivity index (χ0) is 14.1. The normalized spacial score (nSPS) is 12.3. The van der Waals surface area contributed by atoms with Gasteiger partial charge in [0.2, 0.25) is 0 Å². The van der Waals surface area contributed by atoms with Crippen molar-refractivity contribution in [2.24, 2.45) is 0 Å². The van der Waals surface area contributed by atoms with Crippen molar-refractivity contribution in [2.75, 3.05) is 0 Å². The van der Waals surface area contributed by atoms with Gasteiger partial charge in [0.05, 0.1) is 22.7 Å². The average Bonchev–Trinajstić information content (AvgIpc) is 2.40. The fourth-order valence-corrected chi connectivity index (χ4v) is 1.67. The molecule has 0 aliphatic rings. The molecule has 2 aromatic rings. The van der Waals surface area contributed by atoms with E-state index in [1.54, 1.807) is 0 Å². The summed E-state index contributed by atoms with van der Waals surface area (Å²) in [6.07, 6.45) is 0. The van der Waals surface area contributed by atoms with Gasteiger partial charge in [-0.2, -0.15) is 0 Å². The van der Waals surface area contributed by atoms with Crippen molar-refractivity contribution in [3.05, 3.63) is 60.7 Å². The molecule has 8 heteroatoms. The zero-order valence-electron chi connectivity index (χ0n) is 10.6. The quantitative estimate of drug-likeness (QED) is 0.527. The molecule has 0 unspecified atom stereocenters. The van der Waals surface area contributed by atoms with E-state index >= 15 is 0 Å². The fraction of sp³-hybridized carbons (Fsp3) is 0. The van der Waals surface area contributed by atoms with Gasteiger partial charge < -0.3 is 9.11 Å². The fourth-order valence-electron chi connectivity index (χ4n) is 1.31. The summed E-state index contributed by atoms with van der Waals surface area (Å²) in [5, 5.41) is 0. The maximum absolute atomic E-state index is 9.19. The number of rotatable bonds is 3. The first-order chi connectivity index (χ1) is 9.09. The van der Waals surface area contributed by atoms with Crippen molar-refractivity contribution < 1.29 is 72.5 Å². The van der Waals surface area contributed by atoms with Gasteiger partial charge in [0.15, 0.2) is 0 Å². The number of hydrogen-bond donors (Lipinski definition) is 0. The monoisotopic (exact) mass is 337 g/mol. The molecule has 20 heavy (non-hydrogen) atoms. The average molecular weight is 337 g/mol. The smallest absolute Gasteiger partial charge is 0.749 e. The van der Waals surface area contributed by atoms with Crippen molar-refractivity contribution in [1.29, 1.82) is 0 Å². The summed E-state index contributed by atoms with van der Waals surface area (Å²) in [5.74, 6) is 0. The van der Waals surface area contributed by atoms with Crippen LogP contribution in [-0.2, 0) is 26.4 Å². The van der Waals surface area contributed by atoms with Crippen molar-refractivity contribution in [3.8, 4) is 11.1 Å². The minimum atomic E-state index is -2.96. The van der Waals surface area contributed by atoms with Crippen LogP contribution in [-0.4, -0.2) is 17.5 Å². The molecule has 0 atom stereocenters. The Bertz CT molecular complexity index is 487. The molecule has 102 valence electrons. The molecule has 0 aliphatic carbocycles. The molecule has 0 saturated heterocycles. The summed E-state index contributed by atoms with van der Waals surface area (Å²) in [5.41, 5.74) is 2.55. The first-order valence-corrected chi connectivity index (χ1v) is 7.07. The third-order valence-corrected chi connectivity index (χ3v) is 2.88. The summed E-state index contributed by atoms with van der Waals surface area (Å²) >= 11 is -5.92. The predicted octanol–water partition coefficient (Wildman–Crippen LogP) is -1.05. The molecule has 0 amide bonds. The Morgan fingerprint density at radius 3 is 1.20 bits per heavy atom. The van der Waals surface area contributed by atoms with Gasteiger partial charge in [-0.05, 0) is 11.1 Å². The summed E-state index contributed by atoms with van der Waals surface area (Å²) < 4.78 is 39.9. The Balaban J connectivity index is 0.000000396. The molecule has 0 N–H and O–H groups in total. The van der Waals surface area contributed by atoms with E-state index in [9.17, 15) is 17.5 Å². The maximum atomic E-state index is 9.19. The molecule has 0 heterocycles. The largest absolute Gasteiger partial charge is 1.00 e. The first-order valence-electron chi connectivity index (χ1n) is 5.07. The van der Waals surface area contributed by atoms with Crippen LogP contribution in [0.1, 0.15) is 0 Å². The van der Waals surface area contributed by atoms with Gasteiger partial charge in [0.1, 0.15) is 0 Å². The SMILES string of the molecule is O=S([O-])OS(=O)[O-].[K+].c1ccc(-c2ccccc2)cc1. The Hall–Kier alpha value is 0.256. The first kappa shape index (κ1) is 20.3. The molecule has 0 saturated carbocycles. The van der Waals surface area contributed by atoms with E-state index in [2.05, 4.69) is 52.2 Å². The van der Waals surface area contributed by atoms with E-state index in [0.717, 1.165) is 0 Å². The van der Waals surface area contributed by atoms with Gasteiger partial charge in [-0.1, -0.05) is 60.7 Å². The summed E-state index contributed by atoms with van der Waals surface area (Å²) in [6.45, 7) is 0. The van der Waals surface area contributed by atoms with Crippen LogP contribution in [0.25, 0.3) is 11.1 Å². The zero-order valence-corrected chi connectivity index (χ0v) is 15.4. The second-order valence-corrected chi connectivity index (χ2v) is 4.57. The molecule has 2 aromatic carbocycles. The molecule has 2 rings (SSSR count). The molecule has 0 aromatic heterocycles. The van der Waals surface area contributed by atoms with Crippen LogP contribution in [0, 0.1) is 0 Å². The standard InChI is InChI=1S/C12H10.K.H2O5S2/c1-3-7-11(8-4-1)12-9-5-2-6-10-12;;1-6(2)5-7(3)4/h1-10H;;(H,1,2)(H,3,4)/q;+1;/p-2. The van der Waals surface area contributed by atoms with E-state index < -0.39 is 22.7 Å². The molecule has 0 bridgehead atoms. The molecular weight excluding hydrogens is 327 g/mol. The number of benzene rings is 2. The van der Waals surface area contributed by atoms with E-state index in [4.69, 9.17) is 0 Å². The van der Waals surface area contributed by atoms with Gasteiger partial charge in [-0.3, -0.25) is 0 Å². The van der Waals surface area contributed by atoms with Crippen molar-refractivity contribution in [1.82, 2.24) is 0 Å². The summed E-state index contributed by atoms with van der Waals surface area (Å²) in [7, 11) is 0. The van der Waals surface area contributed by atoms with Crippen LogP contribution in [0.2, 0.25) is 0 Å². The van der Waals surface area contributed by atoms with E-state index in [0.29, 0.717) is 0 Å². The molecule has 0 fully saturated rings. The maximum Gasteiger partial charge on any atom is 1.00 e. The number of hydrogen-bond acceptors (Lipinski definition) is 5. The van der Waals surface area contributed by atoms with Crippen LogP contribution in [0.5, 0.6) is 0 Å². The van der Waals surface area contributed by atoms with E-state index in [1.165, 1.54) is 11.1 Å². The van der Waals surface area contributed by atoms with Crippen molar-refractivity contribution in [3.63, 3.8) is 0 Å². The van der Waals surface area contributed by atoms with E-state index in [1.807, 2.05) is 12.1 Å². The van der Waals surface area contributed by atoms with Gasteiger partial charge in [0.25, 0.3) is 0 Å². The topological polar surface area (TPSA) is 89.5 Å². The second kappa shape index (κ2) is 11.9. The Labute approximate surface area is 165 Å². The third-order valence-electron chi connectivity index (χ3n) is 1.99. The third kappa shape index (κ3) is 9.24. The van der Waals surface area contributed by atoms with Crippen LogP contribution < -0.4 is 51.4 Å².